The lowest BCUT2D eigenvalue weighted by Gasteiger charge is -2.20. The molecule has 33 heavy (non-hydrogen) atoms. The van der Waals surface area contributed by atoms with Crippen LogP contribution in [0, 0.1) is 17.6 Å². The number of rotatable bonds is 9. The highest BCUT2D eigenvalue weighted by molar-refractivity contribution is 5.73. The summed E-state index contributed by atoms with van der Waals surface area (Å²) in [5.74, 6) is -0.386. The molecule has 1 fully saturated rings. The Labute approximate surface area is 192 Å². The fraction of sp³-hybridized carbons (Fsp3) is 0.565. The number of fused-ring (bicyclic) bond motifs is 1. The summed E-state index contributed by atoms with van der Waals surface area (Å²) < 4.78 is 40.3. The van der Waals surface area contributed by atoms with Crippen LogP contribution in [0.5, 0.6) is 5.75 Å². The minimum absolute atomic E-state index is 0.0839. The lowest BCUT2D eigenvalue weighted by molar-refractivity contribution is 0.130. The van der Waals surface area contributed by atoms with E-state index in [1.807, 2.05) is 0 Å². The van der Waals surface area contributed by atoms with Crippen molar-refractivity contribution in [2.75, 3.05) is 32.8 Å². The van der Waals surface area contributed by atoms with Crippen molar-refractivity contribution in [3.8, 4) is 5.75 Å². The number of carbonyl (C=O) groups is 1. The van der Waals surface area contributed by atoms with Crippen LogP contribution in [0.15, 0.2) is 23.1 Å². The molecule has 2 unspecified atom stereocenters. The zero-order valence-electron chi connectivity index (χ0n) is 19.0. The first-order valence-electron chi connectivity index (χ1n) is 11.3. The monoisotopic (exact) mass is 463 g/mol. The van der Waals surface area contributed by atoms with Crippen molar-refractivity contribution in [3.63, 3.8) is 0 Å². The number of carbonyl (C=O) groups excluding carboxylic acids is 1. The minimum Gasteiger partial charge on any atom is -0.489 e. The number of aliphatic imine (C=N–C) groups is 1. The number of cyclic esters (lactones) is 1. The fourth-order valence-corrected chi connectivity index (χ4v) is 4.24. The fourth-order valence-electron chi connectivity index (χ4n) is 4.24. The molecule has 8 nitrogen and oxygen atoms in total. The lowest BCUT2D eigenvalue weighted by atomic mass is 10.1. The van der Waals surface area contributed by atoms with Crippen molar-refractivity contribution >= 4 is 12.3 Å². The Morgan fingerprint density at radius 2 is 2.15 bits per heavy atom. The number of halogens is 2. The third kappa shape index (κ3) is 5.62. The molecule has 3 aliphatic rings. The molecule has 1 saturated heterocycles. The molecule has 2 aliphatic heterocycles. The highest BCUT2D eigenvalue weighted by Gasteiger charge is 2.34. The number of hydrogen-bond acceptors (Lipinski definition) is 7. The lowest BCUT2D eigenvalue weighted by Crippen LogP contribution is -2.38. The Morgan fingerprint density at radius 3 is 2.88 bits per heavy atom. The zero-order valence-corrected chi connectivity index (χ0v) is 19.0. The van der Waals surface area contributed by atoms with Gasteiger partial charge in [-0.3, -0.25) is 4.90 Å². The second kappa shape index (κ2) is 9.64. The topological polar surface area (TPSA) is 101 Å². The third-order valence-electron chi connectivity index (χ3n) is 5.87. The smallest absolute Gasteiger partial charge is 0.415 e. The van der Waals surface area contributed by atoms with Crippen LogP contribution in [-0.4, -0.2) is 61.6 Å². The van der Waals surface area contributed by atoms with Crippen molar-refractivity contribution in [1.82, 2.24) is 15.5 Å². The molecule has 0 bridgehead atoms. The van der Waals surface area contributed by atoms with E-state index in [4.69, 9.17) is 15.2 Å². The van der Waals surface area contributed by atoms with Gasteiger partial charge in [-0.25, -0.2) is 18.6 Å². The SMILES string of the molecule is CC(C)(N)COc1cc(F)c2c(c1F)CC(CNCCC1CN(C3=CNCC=N3)C(=O)O1)C2. The van der Waals surface area contributed by atoms with E-state index in [1.165, 1.54) is 4.90 Å². The van der Waals surface area contributed by atoms with Gasteiger partial charge >= 0.3 is 6.09 Å². The van der Waals surface area contributed by atoms with Gasteiger partial charge in [0, 0.05) is 30.6 Å². The molecule has 1 aliphatic carbocycles. The highest BCUT2D eigenvalue weighted by Crippen LogP contribution is 2.35. The predicted molar refractivity (Wildman–Crippen MR) is 120 cm³/mol. The molecule has 0 saturated carbocycles. The van der Waals surface area contributed by atoms with Gasteiger partial charge in [0.05, 0.1) is 6.54 Å². The maximum Gasteiger partial charge on any atom is 0.415 e. The maximum atomic E-state index is 14.9. The Kier molecular flexibility index (Phi) is 6.85. The van der Waals surface area contributed by atoms with Crippen LogP contribution in [0.3, 0.4) is 0 Å². The molecule has 2 heterocycles. The van der Waals surface area contributed by atoms with Crippen molar-refractivity contribution in [2.45, 2.75) is 44.8 Å². The summed E-state index contributed by atoms with van der Waals surface area (Å²) in [6, 6.07) is 1.12. The average molecular weight is 464 g/mol. The van der Waals surface area contributed by atoms with Crippen molar-refractivity contribution in [3.05, 3.63) is 40.8 Å². The Balaban J connectivity index is 1.24. The molecule has 0 spiro atoms. The summed E-state index contributed by atoms with van der Waals surface area (Å²) in [6.07, 6.45) is 4.33. The van der Waals surface area contributed by atoms with Crippen LogP contribution in [0.25, 0.3) is 0 Å². The van der Waals surface area contributed by atoms with Gasteiger partial charge < -0.3 is 25.8 Å². The number of nitrogens with one attached hydrogen (secondary N) is 2. The maximum absolute atomic E-state index is 14.9. The Morgan fingerprint density at radius 1 is 1.36 bits per heavy atom. The van der Waals surface area contributed by atoms with E-state index in [1.54, 1.807) is 26.3 Å². The van der Waals surface area contributed by atoms with E-state index in [0.717, 1.165) is 6.07 Å². The first-order chi connectivity index (χ1) is 15.7. The Hall–Kier alpha value is -2.72. The number of amides is 1. The van der Waals surface area contributed by atoms with Crippen LogP contribution in [0.2, 0.25) is 0 Å². The molecule has 4 rings (SSSR count). The summed E-state index contributed by atoms with van der Waals surface area (Å²) in [4.78, 5) is 17.8. The van der Waals surface area contributed by atoms with Gasteiger partial charge in [-0.15, -0.1) is 0 Å². The summed E-state index contributed by atoms with van der Waals surface area (Å²) in [5, 5.41) is 6.36. The molecule has 1 amide bonds. The van der Waals surface area contributed by atoms with Crippen LogP contribution < -0.4 is 21.1 Å². The van der Waals surface area contributed by atoms with Crippen LogP contribution in [0.4, 0.5) is 13.6 Å². The van der Waals surface area contributed by atoms with Crippen LogP contribution >= 0.6 is 0 Å². The number of ether oxygens (including phenoxy) is 2. The van der Waals surface area contributed by atoms with E-state index in [2.05, 4.69) is 15.6 Å². The second-order valence-electron chi connectivity index (χ2n) is 9.51. The average Bonchev–Trinajstić information content (AvgIpc) is 3.37. The molecular weight excluding hydrogens is 432 g/mol. The van der Waals surface area contributed by atoms with Gasteiger partial charge in [0.15, 0.2) is 17.4 Å². The van der Waals surface area contributed by atoms with Crippen molar-refractivity contribution in [2.24, 2.45) is 16.6 Å². The van der Waals surface area contributed by atoms with E-state index < -0.39 is 23.3 Å². The number of hydrogen-bond donors (Lipinski definition) is 3. The first kappa shape index (κ1) is 23.4. The van der Waals surface area contributed by atoms with E-state index in [-0.39, 0.29) is 24.4 Å². The van der Waals surface area contributed by atoms with Gasteiger partial charge in [0.2, 0.25) is 0 Å². The van der Waals surface area contributed by atoms with Crippen molar-refractivity contribution < 1.29 is 23.0 Å². The van der Waals surface area contributed by atoms with Crippen molar-refractivity contribution in [1.29, 1.82) is 0 Å². The van der Waals surface area contributed by atoms with Crippen LogP contribution in [0.1, 0.15) is 31.4 Å². The van der Waals surface area contributed by atoms with Gasteiger partial charge in [0.25, 0.3) is 0 Å². The largest absolute Gasteiger partial charge is 0.489 e. The number of nitrogens with zero attached hydrogens (tertiary/aromatic N) is 2. The molecule has 180 valence electrons. The minimum atomic E-state index is -0.642. The summed E-state index contributed by atoms with van der Waals surface area (Å²) in [5.41, 5.74) is 6.05. The Bertz CT molecular complexity index is 960. The molecule has 10 heteroatoms. The van der Waals surface area contributed by atoms with Gasteiger partial charge in [0.1, 0.15) is 18.5 Å². The van der Waals surface area contributed by atoms with Gasteiger partial charge in [-0.05, 0) is 63.2 Å². The number of nitrogens with two attached hydrogens (primary N) is 1. The van der Waals surface area contributed by atoms with Crippen LogP contribution in [-0.2, 0) is 17.6 Å². The number of benzene rings is 1. The van der Waals surface area contributed by atoms with Gasteiger partial charge in [-0.2, -0.15) is 0 Å². The van der Waals surface area contributed by atoms with E-state index >= 15 is 0 Å². The third-order valence-corrected chi connectivity index (χ3v) is 5.87. The molecule has 2 atom stereocenters. The normalized spacial score (nSPS) is 22.2. The van der Waals surface area contributed by atoms with E-state index in [9.17, 15) is 13.6 Å². The summed E-state index contributed by atoms with van der Waals surface area (Å²) in [7, 11) is 0. The standard InChI is InChI=1S/C23H31F2N5O3/c1-23(2,26)13-32-19-9-18(24)16-7-14(8-17(16)21(19)25)10-27-4-3-15-12-30(22(31)33-15)20-11-28-5-6-29-20/h6,9,11,14-15,27-28H,3-5,7-8,10,12-13,26H2,1-2H3. The quantitative estimate of drug-likeness (QED) is 0.485. The van der Waals surface area contributed by atoms with Gasteiger partial charge in [-0.1, -0.05) is 0 Å². The zero-order chi connectivity index (χ0) is 23.6. The molecule has 1 aromatic rings. The second-order valence-corrected chi connectivity index (χ2v) is 9.51. The predicted octanol–water partition coefficient (Wildman–Crippen LogP) is 2.07. The molecule has 0 radical (unpaired) electrons. The molecular formula is C23H31F2N5O3. The summed E-state index contributed by atoms with van der Waals surface area (Å²) >= 11 is 0. The first-order valence-corrected chi connectivity index (χ1v) is 11.3. The highest BCUT2D eigenvalue weighted by atomic mass is 19.1. The summed E-state index contributed by atoms with van der Waals surface area (Å²) in [6.45, 7) is 5.94. The van der Waals surface area contributed by atoms with E-state index in [0.29, 0.717) is 62.4 Å². The molecule has 1 aromatic carbocycles. The molecule has 4 N–H and O–H groups in total. The molecule has 0 aromatic heterocycles.